The number of hydrogen-bond donors (Lipinski definition) is 1. The van der Waals surface area contributed by atoms with Gasteiger partial charge in [-0.3, -0.25) is 0 Å². The third-order valence-corrected chi connectivity index (χ3v) is 3.15. The van der Waals surface area contributed by atoms with Crippen molar-refractivity contribution in [1.82, 2.24) is 0 Å². The van der Waals surface area contributed by atoms with Crippen molar-refractivity contribution in [2.75, 3.05) is 18.5 Å². The second-order valence-corrected chi connectivity index (χ2v) is 4.47. The highest BCUT2D eigenvalue weighted by atomic mass is 79.9. The summed E-state index contributed by atoms with van der Waals surface area (Å²) < 4.78 is 19.6. The van der Waals surface area contributed by atoms with E-state index in [1.54, 1.807) is 6.07 Å². The summed E-state index contributed by atoms with van der Waals surface area (Å²) in [5, 5.41) is 3.08. The summed E-state index contributed by atoms with van der Waals surface area (Å²) in [5.74, 6) is -0.234. The number of nitrogens with one attached hydrogen (secondary N) is 1. The lowest BCUT2D eigenvalue weighted by atomic mass is 10.2. The van der Waals surface area contributed by atoms with Crippen molar-refractivity contribution in [2.24, 2.45) is 0 Å². The zero-order valence-electron chi connectivity index (χ0n) is 8.30. The molecule has 1 aromatic rings. The summed E-state index contributed by atoms with van der Waals surface area (Å²) in [6.07, 6.45) is 2.38. The van der Waals surface area contributed by atoms with Crippen LogP contribution < -0.4 is 5.32 Å². The number of para-hydroxylation sites is 1. The topological polar surface area (TPSA) is 21.3 Å². The molecule has 0 spiro atoms. The maximum absolute atomic E-state index is 13.4. The molecule has 1 atom stereocenters. The fourth-order valence-corrected chi connectivity index (χ4v) is 2.17. The lowest BCUT2D eigenvalue weighted by Gasteiger charge is -2.13. The quantitative estimate of drug-likeness (QED) is 0.914. The summed E-state index contributed by atoms with van der Waals surface area (Å²) in [6.45, 7) is 1.49. The summed E-state index contributed by atoms with van der Waals surface area (Å²) in [5.41, 5.74) is 0.521. The van der Waals surface area contributed by atoms with E-state index in [-0.39, 0.29) is 11.9 Å². The molecule has 0 amide bonds. The summed E-state index contributed by atoms with van der Waals surface area (Å²) in [6, 6.07) is 4.94. The Bertz CT molecular complexity index is 319. The predicted octanol–water partition coefficient (Wildman–Crippen LogP) is 3.18. The summed E-state index contributed by atoms with van der Waals surface area (Å²) >= 11 is 3.31. The van der Waals surface area contributed by atoms with Gasteiger partial charge >= 0.3 is 0 Å². The van der Waals surface area contributed by atoms with Crippen molar-refractivity contribution >= 4 is 21.6 Å². The van der Waals surface area contributed by atoms with E-state index in [2.05, 4.69) is 21.2 Å². The van der Waals surface area contributed by atoms with Crippen LogP contribution in [0.3, 0.4) is 0 Å². The van der Waals surface area contributed by atoms with E-state index in [1.807, 2.05) is 6.07 Å². The Labute approximate surface area is 96.9 Å². The number of halogens is 2. The van der Waals surface area contributed by atoms with E-state index in [0.717, 1.165) is 23.9 Å². The minimum atomic E-state index is -0.234. The molecule has 0 aliphatic carbocycles. The molecule has 15 heavy (non-hydrogen) atoms. The molecule has 2 nitrogen and oxygen atoms in total. The van der Waals surface area contributed by atoms with Crippen molar-refractivity contribution in [1.29, 1.82) is 0 Å². The van der Waals surface area contributed by atoms with Crippen LogP contribution in [-0.4, -0.2) is 19.3 Å². The van der Waals surface area contributed by atoms with Crippen molar-refractivity contribution in [3.63, 3.8) is 0 Å². The van der Waals surface area contributed by atoms with Gasteiger partial charge in [0, 0.05) is 17.6 Å². The van der Waals surface area contributed by atoms with Gasteiger partial charge in [0.15, 0.2) is 0 Å². The molecule has 1 heterocycles. The first-order valence-electron chi connectivity index (χ1n) is 5.07. The van der Waals surface area contributed by atoms with E-state index in [9.17, 15) is 4.39 Å². The first-order chi connectivity index (χ1) is 7.27. The smallest absolute Gasteiger partial charge is 0.147 e. The molecule has 1 aliphatic rings. The molecule has 82 valence electrons. The normalized spacial score (nSPS) is 20.5. The average molecular weight is 274 g/mol. The number of ether oxygens (including phenoxy) is 1. The van der Waals surface area contributed by atoms with E-state index >= 15 is 0 Å². The maximum Gasteiger partial charge on any atom is 0.147 e. The SMILES string of the molecule is Fc1cccc(Br)c1NCC1CCCO1. The molecule has 1 unspecified atom stereocenters. The van der Waals surface area contributed by atoms with Gasteiger partial charge in [-0.2, -0.15) is 0 Å². The molecular formula is C11H13BrFNO. The lowest BCUT2D eigenvalue weighted by molar-refractivity contribution is 0.120. The molecule has 0 aromatic heterocycles. The fourth-order valence-electron chi connectivity index (χ4n) is 1.69. The molecule has 1 aliphatic heterocycles. The van der Waals surface area contributed by atoms with E-state index in [4.69, 9.17) is 4.74 Å². The standard InChI is InChI=1S/C11H13BrFNO/c12-9-4-1-5-10(13)11(9)14-7-8-3-2-6-15-8/h1,4-5,8,14H,2-3,6-7H2. The van der Waals surface area contributed by atoms with E-state index in [0.29, 0.717) is 12.2 Å². The van der Waals surface area contributed by atoms with Crippen LogP contribution >= 0.6 is 15.9 Å². The molecule has 1 fully saturated rings. The van der Waals surface area contributed by atoms with E-state index in [1.165, 1.54) is 6.07 Å². The fraction of sp³-hybridized carbons (Fsp3) is 0.455. The van der Waals surface area contributed by atoms with Gasteiger partial charge in [-0.1, -0.05) is 6.07 Å². The predicted molar refractivity (Wildman–Crippen MR) is 61.6 cm³/mol. The van der Waals surface area contributed by atoms with Gasteiger partial charge < -0.3 is 10.1 Å². The van der Waals surface area contributed by atoms with Crippen molar-refractivity contribution in [3.05, 3.63) is 28.5 Å². The monoisotopic (exact) mass is 273 g/mol. The van der Waals surface area contributed by atoms with E-state index < -0.39 is 0 Å². The van der Waals surface area contributed by atoms with Crippen LogP contribution in [0.4, 0.5) is 10.1 Å². The third-order valence-electron chi connectivity index (χ3n) is 2.49. The van der Waals surface area contributed by atoms with Gasteiger partial charge in [-0.05, 0) is 40.9 Å². The minimum Gasteiger partial charge on any atom is -0.379 e. The largest absolute Gasteiger partial charge is 0.379 e. The molecule has 0 bridgehead atoms. The van der Waals surface area contributed by atoms with Gasteiger partial charge in [-0.15, -0.1) is 0 Å². The molecule has 0 saturated carbocycles. The Morgan fingerprint density at radius 2 is 2.40 bits per heavy atom. The zero-order valence-corrected chi connectivity index (χ0v) is 9.89. The Balaban J connectivity index is 1.97. The summed E-state index contributed by atoms with van der Waals surface area (Å²) in [4.78, 5) is 0. The van der Waals surface area contributed by atoms with Gasteiger partial charge in [0.1, 0.15) is 5.82 Å². The highest BCUT2D eigenvalue weighted by molar-refractivity contribution is 9.10. The molecule has 0 radical (unpaired) electrons. The molecular weight excluding hydrogens is 261 g/mol. The Hall–Kier alpha value is -0.610. The first-order valence-corrected chi connectivity index (χ1v) is 5.86. The Morgan fingerprint density at radius 1 is 1.53 bits per heavy atom. The second-order valence-electron chi connectivity index (χ2n) is 3.61. The van der Waals surface area contributed by atoms with Crippen molar-refractivity contribution in [3.8, 4) is 0 Å². The van der Waals surface area contributed by atoms with Crippen molar-refractivity contribution in [2.45, 2.75) is 18.9 Å². The van der Waals surface area contributed by atoms with Crippen LogP contribution in [0.5, 0.6) is 0 Å². The molecule has 1 saturated heterocycles. The van der Waals surface area contributed by atoms with Crippen molar-refractivity contribution < 1.29 is 9.13 Å². The zero-order chi connectivity index (χ0) is 10.7. The molecule has 1 aromatic carbocycles. The van der Waals surface area contributed by atoms with Crippen LogP contribution in [-0.2, 0) is 4.74 Å². The Morgan fingerprint density at radius 3 is 3.07 bits per heavy atom. The maximum atomic E-state index is 13.4. The second kappa shape index (κ2) is 4.94. The Kier molecular flexibility index (Phi) is 3.59. The van der Waals surface area contributed by atoms with Crippen LogP contribution in [0.25, 0.3) is 0 Å². The van der Waals surface area contributed by atoms with Crippen LogP contribution in [0, 0.1) is 5.82 Å². The van der Waals surface area contributed by atoms with Crippen LogP contribution in [0.1, 0.15) is 12.8 Å². The van der Waals surface area contributed by atoms with Gasteiger partial charge in [0.2, 0.25) is 0 Å². The van der Waals surface area contributed by atoms with Gasteiger partial charge in [-0.25, -0.2) is 4.39 Å². The average Bonchev–Trinajstić information content (AvgIpc) is 2.70. The first kappa shape index (κ1) is 10.9. The number of rotatable bonds is 3. The number of anilines is 1. The van der Waals surface area contributed by atoms with Gasteiger partial charge in [0.25, 0.3) is 0 Å². The molecule has 4 heteroatoms. The highest BCUT2D eigenvalue weighted by Crippen LogP contribution is 2.25. The van der Waals surface area contributed by atoms with Crippen LogP contribution in [0.2, 0.25) is 0 Å². The molecule has 2 rings (SSSR count). The minimum absolute atomic E-state index is 0.219. The lowest BCUT2D eigenvalue weighted by Crippen LogP contribution is -2.19. The highest BCUT2D eigenvalue weighted by Gasteiger charge is 2.16. The van der Waals surface area contributed by atoms with Gasteiger partial charge in [0.05, 0.1) is 11.8 Å². The number of hydrogen-bond acceptors (Lipinski definition) is 2. The number of benzene rings is 1. The van der Waals surface area contributed by atoms with Crippen LogP contribution in [0.15, 0.2) is 22.7 Å². The summed E-state index contributed by atoms with van der Waals surface area (Å²) in [7, 11) is 0. The third kappa shape index (κ3) is 2.69. The molecule has 1 N–H and O–H groups in total.